The maximum absolute atomic E-state index is 11.9. The molecule has 1 N–H and O–H groups in total. The summed E-state index contributed by atoms with van der Waals surface area (Å²) in [4.78, 5) is 16.2. The first-order valence-corrected chi connectivity index (χ1v) is 8.38. The molecule has 1 aromatic rings. The largest absolute Gasteiger partial charge is 0.468 e. The fraction of sp³-hybridized carbons (Fsp3) is 0.733. The summed E-state index contributed by atoms with van der Waals surface area (Å²) in [6, 6.07) is 0. The lowest BCUT2D eigenvalue weighted by Crippen LogP contribution is -2.50. The Morgan fingerprint density at radius 2 is 2.29 bits per heavy atom. The van der Waals surface area contributed by atoms with E-state index in [0.29, 0.717) is 5.22 Å². The van der Waals surface area contributed by atoms with Gasteiger partial charge in [-0.15, -0.1) is 0 Å². The Bertz CT molecular complexity index is 436. The standard InChI is InChI=1S/C15H26N2O3S/c1-5-9-16-15(3,13(18)19-4)8-6-7-10-21-14-17-12(2)11-20-14/h11,16H,5-10H2,1-4H3. The smallest absolute Gasteiger partial charge is 0.325 e. The Kier molecular flexibility index (Phi) is 7.82. The summed E-state index contributed by atoms with van der Waals surface area (Å²) in [7, 11) is 1.44. The second-order valence-electron chi connectivity index (χ2n) is 5.31. The van der Waals surface area contributed by atoms with Gasteiger partial charge in [-0.25, -0.2) is 4.98 Å². The zero-order chi connectivity index (χ0) is 15.7. The van der Waals surface area contributed by atoms with E-state index in [4.69, 9.17) is 9.15 Å². The first kappa shape index (κ1) is 18.0. The minimum absolute atomic E-state index is 0.188. The van der Waals surface area contributed by atoms with E-state index in [1.54, 1.807) is 18.0 Å². The van der Waals surface area contributed by atoms with Gasteiger partial charge in [-0.2, -0.15) is 0 Å². The molecule has 0 aromatic carbocycles. The zero-order valence-electron chi connectivity index (χ0n) is 13.4. The van der Waals surface area contributed by atoms with Crippen molar-refractivity contribution in [3.05, 3.63) is 12.0 Å². The summed E-state index contributed by atoms with van der Waals surface area (Å²) in [5, 5.41) is 4.01. The average molecular weight is 314 g/mol. The molecular weight excluding hydrogens is 288 g/mol. The van der Waals surface area contributed by atoms with Gasteiger partial charge in [-0.1, -0.05) is 25.1 Å². The average Bonchev–Trinajstić information content (AvgIpc) is 2.89. The third-order valence-corrected chi connectivity index (χ3v) is 4.22. The minimum Gasteiger partial charge on any atom is -0.468 e. The molecule has 0 spiro atoms. The summed E-state index contributed by atoms with van der Waals surface area (Å²) < 4.78 is 10.2. The van der Waals surface area contributed by atoms with Crippen LogP contribution in [0.5, 0.6) is 0 Å². The van der Waals surface area contributed by atoms with Crippen LogP contribution in [0.1, 0.15) is 45.2 Å². The van der Waals surface area contributed by atoms with Crippen LogP contribution in [0.25, 0.3) is 0 Å². The lowest BCUT2D eigenvalue weighted by atomic mass is 9.95. The number of nitrogens with zero attached hydrogens (tertiary/aromatic N) is 1. The van der Waals surface area contributed by atoms with Crippen molar-refractivity contribution in [3.63, 3.8) is 0 Å². The van der Waals surface area contributed by atoms with Crippen LogP contribution in [0.3, 0.4) is 0 Å². The van der Waals surface area contributed by atoms with Crippen LogP contribution in [0.2, 0.25) is 0 Å². The Morgan fingerprint density at radius 1 is 1.52 bits per heavy atom. The topological polar surface area (TPSA) is 64.4 Å². The molecule has 21 heavy (non-hydrogen) atoms. The number of thioether (sulfide) groups is 1. The number of aryl methyl sites for hydroxylation is 1. The molecule has 1 aromatic heterocycles. The van der Waals surface area contributed by atoms with E-state index in [1.165, 1.54) is 7.11 Å². The number of carbonyl (C=O) groups excluding carboxylic acids is 1. The number of unbranched alkanes of at least 4 members (excludes halogenated alkanes) is 1. The monoisotopic (exact) mass is 314 g/mol. The summed E-state index contributed by atoms with van der Waals surface area (Å²) in [5.41, 5.74) is 0.314. The summed E-state index contributed by atoms with van der Waals surface area (Å²) in [6.07, 6.45) is 5.38. The maximum Gasteiger partial charge on any atom is 0.325 e. The molecule has 0 bridgehead atoms. The Balaban J connectivity index is 2.31. The first-order chi connectivity index (χ1) is 10.0. The lowest BCUT2D eigenvalue weighted by molar-refractivity contribution is -0.148. The van der Waals surface area contributed by atoms with Crippen molar-refractivity contribution in [3.8, 4) is 0 Å². The zero-order valence-corrected chi connectivity index (χ0v) is 14.2. The molecule has 0 aliphatic heterocycles. The van der Waals surface area contributed by atoms with Gasteiger partial charge in [0.05, 0.1) is 12.8 Å². The van der Waals surface area contributed by atoms with Crippen LogP contribution in [0.4, 0.5) is 0 Å². The van der Waals surface area contributed by atoms with Crippen molar-refractivity contribution in [1.82, 2.24) is 10.3 Å². The van der Waals surface area contributed by atoms with Gasteiger partial charge in [0.25, 0.3) is 5.22 Å². The van der Waals surface area contributed by atoms with Crippen molar-refractivity contribution >= 4 is 17.7 Å². The maximum atomic E-state index is 11.9. The molecule has 1 rings (SSSR count). The van der Waals surface area contributed by atoms with Crippen LogP contribution in [-0.4, -0.2) is 35.9 Å². The third-order valence-electron chi connectivity index (χ3n) is 3.30. The van der Waals surface area contributed by atoms with Crippen LogP contribution < -0.4 is 5.32 Å². The molecule has 1 atom stereocenters. The number of esters is 1. The van der Waals surface area contributed by atoms with Gasteiger partial charge >= 0.3 is 5.97 Å². The highest BCUT2D eigenvalue weighted by Gasteiger charge is 2.32. The molecular formula is C15H26N2O3S. The van der Waals surface area contributed by atoms with E-state index in [2.05, 4.69) is 17.2 Å². The van der Waals surface area contributed by atoms with Crippen molar-refractivity contribution in [2.75, 3.05) is 19.4 Å². The molecule has 0 aliphatic rings. The van der Waals surface area contributed by atoms with Crippen molar-refractivity contribution < 1.29 is 13.9 Å². The van der Waals surface area contributed by atoms with Gasteiger partial charge < -0.3 is 14.5 Å². The van der Waals surface area contributed by atoms with Crippen LogP contribution in [0.15, 0.2) is 15.9 Å². The van der Waals surface area contributed by atoms with Gasteiger partial charge in [0.1, 0.15) is 11.8 Å². The molecule has 1 heterocycles. The highest BCUT2D eigenvalue weighted by atomic mass is 32.2. The summed E-state index contributed by atoms with van der Waals surface area (Å²) in [6.45, 7) is 6.73. The second-order valence-corrected chi connectivity index (χ2v) is 6.36. The summed E-state index contributed by atoms with van der Waals surface area (Å²) in [5.74, 6) is 0.747. The van der Waals surface area contributed by atoms with Gasteiger partial charge in [0.15, 0.2) is 0 Å². The van der Waals surface area contributed by atoms with Crippen molar-refractivity contribution in [2.45, 2.75) is 57.2 Å². The van der Waals surface area contributed by atoms with Crippen molar-refractivity contribution in [2.24, 2.45) is 0 Å². The number of hydrogen-bond donors (Lipinski definition) is 1. The van der Waals surface area contributed by atoms with Crippen molar-refractivity contribution in [1.29, 1.82) is 0 Å². The van der Waals surface area contributed by atoms with Crippen LogP contribution >= 0.6 is 11.8 Å². The number of nitrogens with one attached hydrogen (secondary N) is 1. The first-order valence-electron chi connectivity index (χ1n) is 7.40. The van der Waals surface area contributed by atoms with E-state index >= 15 is 0 Å². The molecule has 6 heteroatoms. The Morgan fingerprint density at radius 3 is 2.86 bits per heavy atom. The van der Waals surface area contributed by atoms with E-state index in [1.807, 2.05) is 13.8 Å². The van der Waals surface area contributed by atoms with E-state index in [0.717, 1.165) is 43.7 Å². The minimum atomic E-state index is -0.588. The molecule has 0 saturated heterocycles. The molecule has 0 saturated carbocycles. The van der Waals surface area contributed by atoms with E-state index < -0.39 is 5.54 Å². The van der Waals surface area contributed by atoms with E-state index in [-0.39, 0.29) is 5.97 Å². The predicted molar refractivity (Wildman–Crippen MR) is 84.5 cm³/mol. The second kappa shape index (κ2) is 9.10. The quantitative estimate of drug-likeness (QED) is 0.406. The van der Waals surface area contributed by atoms with Gasteiger partial charge in [-0.3, -0.25) is 4.79 Å². The number of ether oxygens (including phenoxy) is 1. The number of oxazole rings is 1. The molecule has 0 fully saturated rings. The molecule has 120 valence electrons. The van der Waals surface area contributed by atoms with Gasteiger partial charge in [0.2, 0.25) is 0 Å². The fourth-order valence-corrected chi connectivity index (χ4v) is 2.88. The molecule has 0 aliphatic carbocycles. The van der Waals surface area contributed by atoms with Gasteiger partial charge in [0, 0.05) is 5.75 Å². The van der Waals surface area contributed by atoms with Gasteiger partial charge in [-0.05, 0) is 39.7 Å². The molecule has 0 amide bonds. The SMILES string of the molecule is CCCNC(C)(CCCCSc1nc(C)co1)C(=O)OC. The number of carbonyl (C=O) groups is 1. The van der Waals surface area contributed by atoms with Crippen LogP contribution in [-0.2, 0) is 9.53 Å². The predicted octanol–water partition coefficient (Wildman–Crippen LogP) is 3.18. The number of rotatable bonds is 10. The summed E-state index contributed by atoms with van der Waals surface area (Å²) >= 11 is 1.61. The lowest BCUT2D eigenvalue weighted by Gasteiger charge is -2.28. The molecule has 0 radical (unpaired) electrons. The fourth-order valence-electron chi connectivity index (χ4n) is 2.03. The number of aromatic nitrogens is 1. The Labute approximate surface area is 131 Å². The number of methoxy groups -OCH3 is 1. The molecule has 1 unspecified atom stereocenters. The Hall–Kier alpha value is -1.01. The highest BCUT2D eigenvalue weighted by molar-refractivity contribution is 7.99. The highest BCUT2D eigenvalue weighted by Crippen LogP contribution is 2.21. The normalized spacial score (nSPS) is 13.9. The third kappa shape index (κ3) is 6.09. The van der Waals surface area contributed by atoms with E-state index in [9.17, 15) is 4.79 Å². The number of hydrogen-bond acceptors (Lipinski definition) is 6. The van der Waals surface area contributed by atoms with Crippen LogP contribution in [0, 0.1) is 6.92 Å². The molecule has 5 nitrogen and oxygen atoms in total.